The lowest BCUT2D eigenvalue weighted by molar-refractivity contribution is -0.143. The molecule has 0 bridgehead atoms. The molecule has 0 aromatic heterocycles. The van der Waals surface area contributed by atoms with Crippen LogP contribution in [0.25, 0.3) is 0 Å². The Bertz CT molecular complexity index is 959. The number of amides is 3. The van der Waals surface area contributed by atoms with Crippen molar-refractivity contribution in [3.05, 3.63) is 47.0 Å². The number of nitrogens with zero attached hydrogens (tertiary/aromatic N) is 2. The van der Waals surface area contributed by atoms with Crippen molar-refractivity contribution in [3.63, 3.8) is 0 Å². The first kappa shape index (κ1) is 29.6. The molecule has 0 aliphatic carbocycles. The second-order valence-corrected chi connectivity index (χ2v) is 11.4. The molecule has 1 aromatic rings. The van der Waals surface area contributed by atoms with E-state index < -0.39 is 22.9 Å². The number of hydrogen-bond acceptors (Lipinski definition) is 5. The van der Waals surface area contributed by atoms with E-state index in [0.717, 1.165) is 18.4 Å². The van der Waals surface area contributed by atoms with Gasteiger partial charge in [0.05, 0.1) is 11.6 Å². The van der Waals surface area contributed by atoms with Crippen molar-refractivity contribution in [2.45, 2.75) is 72.4 Å². The second-order valence-electron chi connectivity index (χ2n) is 11.0. The highest BCUT2D eigenvalue weighted by Gasteiger charge is 2.34. The standard InChI is InChI=1S/C27H41ClN4O4/c1-19(29)24(34)30-32(26(3,4)5)25(35)31-14-8-10-21(17-31)12-13-27(6,18-36-20(2)33)16-22-9-7-11-23(28)15-22/h7,9,11-13,15,19,21H,8,10,14,16-18,29H2,1-6H3,(H,30,34)/b13-12+/t19?,21?,27-/m0/s1. The number of halogens is 1. The van der Waals surface area contributed by atoms with Crippen LogP contribution in [0.5, 0.6) is 0 Å². The van der Waals surface area contributed by atoms with E-state index >= 15 is 0 Å². The average molecular weight is 521 g/mol. The number of hydrogen-bond donors (Lipinski definition) is 2. The Morgan fingerprint density at radius 2 is 2.00 bits per heavy atom. The third-order valence-electron chi connectivity index (χ3n) is 6.10. The van der Waals surface area contributed by atoms with Crippen LogP contribution in [-0.4, -0.2) is 59.1 Å². The van der Waals surface area contributed by atoms with E-state index in [1.807, 2.05) is 52.0 Å². The summed E-state index contributed by atoms with van der Waals surface area (Å²) >= 11 is 6.17. The fourth-order valence-electron chi connectivity index (χ4n) is 4.10. The Hall–Kier alpha value is -2.58. The zero-order valence-electron chi connectivity index (χ0n) is 22.3. The molecule has 2 rings (SSSR count). The Kier molecular flexibility index (Phi) is 10.4. The Balaban J connectivity index is 2.17. The third-order valence-corrected chi connectivity index (χ3v) is 6.33. The lowest BCUT2D eigenvalue weighted by Crippen LogP contribution is -2.62. The number of hydrazine groups is 1. The van der Waals surface area contributed by atoms with Crippen LogP contribution in [0.15, 0.2) is 36.4 Å². The summed E-state index contributed by atoms with van der Waals surface area (Å²) in [6.07, 6.45) is 6.63. The molecule has 0 saturated carbocycles. The van der Waals surface area contributed by atoms with Gasteiger partial charge in [-0.2, -0.15) is 0 Å². The average Bonchev–Trinajstić information content (AvgIpc) is 2.79. The molecule has 1 aliphatic heterocycles. The van der Waals surface area contributed by atoms with Gasteiger partial charge in [0.2, 0.25) is 0 Å². The van der Waals surface area contributed by atoms with Crippen LogP contribution in [0, 0.1) is 11.3 Å². The fourth-order valence-corrected chi connectivity index (χ4v) is 4.32. The van der Waals surface area contributed by atoms with E-state index in [-0.39, 0.29) is 24.5 Å². The number of piperidine rings is 1. The molecule has 3 amide bonds. The summed E-state index contributed by atoms with van der Waals surface area (Å²) in [5, 5.41) is 2.03. The van der Waals surface area contributed by atoms with E-state index in [4.69, 9.17) is 22.1 Å². The lowest BCUT2D eigenvalue weighted by Gasteiger charge is -2.41. The maximum absolute atomic E-state index is 13.4. The number of carbonyl (C=O) groups is 3. The highest BCUT2D eigenvalue weighted by molar-refractivity contribution is 6.30. The molecule has 200 valence electrons. The quantitative estimate of drug-likeness (QED) is 0.316. The molecule has 1 aromatic carbocycles. The predicted molar refractivity (Wildman–Crippen MR) is 142 cm³/mol. The monoisotopic (exact) mass is 520 g/mol. The van der Waals surface area contributed by atoms with Gasteiger partial charge in [0, 0.05) is 30.5 Å². The van der Waals surface area contributed by atoms with Gasteiger partial charge >= 0.3 is 12.0 Å². The Morgan fingerprint density at radius 3 is 2.58 bits per heavy atom. The molecule has 0 spiro atoms. The Morgan fingerprint density at radius 1 is 1.31 bits per heavy atom. The van der Waals surface area contributed by atoms with Crippen LogP contribution in [0.1, 0.15) is 59.9 Å². The van der Waals surface area contributed by atoms with Crippen molar-refractivity contribution in [2.75, 3.05) is 19.7 Å². The minimum Gasteiger partial charge on any atom is -0.465 e. The molecule has 9 heteroatoms. The van der Waals surface area contributed by atoms with Gasteiger partial charge < -0.3 is 15.4 Å². The molecule has 0 radical (unpaired) electrons. The van der Waals surface area contributed by atoms with Gasteiger partial charge in [-0.3, -0.25) is 15.0 Å². The number of carbonyl (C=O) groups excluding carboxylic acids is 3. The number of nitrogens with one attached hydrogen (secondary N) is 1. The molecular formula is C27H41ClN4O4. The minimum absolute atomic E-state index is 0.129. The van der Waals surface area contributed by atoms with Gasteiger partial charge in [-0.1, -0.05) is 42.8 Å². The van der Waals surface area contributed by atoms with Gasteiger partial charge in [0.25, 0.3) is 5.91 Å². The van der Waals surface area contributed by atoms with Gasteiger partial charge in [-0.25, -0.2) is 9.80 Å². The first-order valence-corrected chi connectivity index (χ1v) is 12.8. The van der Waals surface area contributed by atoms with E-state index in [9.17, 15) is 14.4 Å². The van der Waals surface area contributed by atoms with Crippen LogP contribution >= 0.6 is 11.6 Å². The summed E-state index contributed by atoms with van der Waals surface area (Å²) in [6.45, 7) is 12.0. The number of ether oxygens (including phenoxy) is 1. The van der Waals surface area contributed by atoms with Crippen molar-refractivity contribution in [2.24, 2.45) is 17.1 Å². The van der Waals surface area contributed by atoms with E-state index in [1.54, 1.807) is 11.8 Å². The number of nitrogens with two attached hydrogens (primary N) is 1. The molecule has 36 heavy (non-hydrogen) atoms. The zero-order chi connectivity index (χ0) is 27.1. The van der Waals surface area contributed by atoms with Gasteiger partial charge in [-0.05, 0) is 70.6 Å². The molecular weight excluding hydrogens is 480 g/mol. The van der Waals surface area contributed by atoms with E-state index in [1.165, 1.54) is 11.9 Å². The number of esters is 1. The topological polar surface area (TPSA) is 105 Å². The molecule has 1 aliphatic rings. The van der Waals surface area contributed by atoms with Crippen LogP contribution in [0.4, 0.5) is 4.79 Å². The molecule has 3 atom stereocenters. The minimum atomic E-state index is -0.728. The lowest BCUT2D eigenvalue weighted by atomic mass is 9.82. The summed E-state index contributed by atoms with van der Waals surface area (Å²) < 4.78 is 5.39. The highest BCUT2D eigenvalue weighted by atomic mass is 35.5. The van der Waals surface area contributed by atoms with Crippen LogP contribution in [-0.2, 0) is 20.7 Å². The van der Waals surface area contributed by atoms with Crippen molar-refractivity contribution < 1.29 is 19.1 Å². The van der Waals surface area contributed by atoms with Crippen molar-refractivity contribution in [1.82, 2.24) is 15.3 Å². The largest absolute Gasteiger partial charge is 0.465 e. The molecule has 3 N–H and O–H groups in total. The SMILES string of the molecule is CC(=O)OC[C@@](C)(/C=C/C1CCCN(C(=O)N(NC(=O)C(C)N)C(C)(C)C)C1)Cc1cccc(Cl)c1. The number of likely N-dealkylation sites (tertiary alicyclic amines) is 1. The highest BCUT2D eigenvalue weighted by Crippen LogP contribution is 2.29. The van der Waals surface area contributed by atoms with Crippen molar-refractivity contribution in [1.29, 1.82) is 0 Å². The van der Waals surface area contributed by atoms with E-state index in [0.29, 0.717) is 24.5 Å². The van der Waals surface area contributed by atoms with E-state index in [2.05, 4.69) is 17.6 Å². The molecule has 1 saturated heterocycles. The maximum atomic E-state index is 13.4. The second kappa shape index (κ2) is 12.6. The summed E-state index contributed by atoms with van der Waals surface area (Å²) in [6, 6.07) is 6.67. The van der Waals surface area contributed by atoms with Gasteiger partial charge in [0.15, 0.2) is 0 Å². The third kappa shape index (κ3) is 9.13. The molecule has 1 fully saturated rings. The van der Waals surface area contributed by atoms with Crippen LogP contribution < -0.4 is 11.2 Å². The van der Waals surface area contributed by atoms with Gasteiger partial charge in [-0.15, -0.1) is 0 Å². The van der Waals surface area contributed by atoms with Crippen molar-refractivity contribution in [3.8, 4) is 0 Å². The number of benzene rings is 1. The summed E-state index contributed by atoms with van der Waals surface area (Å²) in [5.74, 6) is -0.607. The van der Waals surface area contributed by atoms with Crippen molar-refractivity contribution >= 4 is 29.5 Å². The normalized spacial score (nSPS) is 18.9. The van der Waals surface area contributed by atoms with Gasteiger partial charge in [0.1, 0.15) is 6.61 Å². The smallest absolute Gasteiger partial charge is 0.339 e. The van der Waals surface area contributed by atoms with Crippen LogP contribution in [0.3, 0.4) is 0 Å². The summed E-state index contributed by atoms with van der Waals surface area (Å²) in [4.78, 5) is 38.9. The first-order chi connectivity index (χ1) is 16.7. The number of rotatable bonds is 7. The molecule has 8 nitrogen and oxygen atoms in total. The predicted octanol–water partition coefficient (Wildman–Crippen LogP) is 4.32. The molecule has 1 heterocycles. The first-order valence-electron chi connectivity index (χ1n) is 12.4. The fraction of sp³-hybridized carbons (Fsp3) is 0.593. The Labute approximate surface area is 220 Å². The molecule has 2 unspecified atom stereocenters. The summed E-state index contributed by atoms with van der Waals surface area (Å²) in [5.41, 5.74) is 8.38. The maximum Gasteiger partial charge on any atom is 0.339 e. The zero-order valence-corrected chi connectivity index (χ0v) is 23.1. The van der Waals surface area contributed by atoms with Crippen LogP contribution in [0.2, 0.25) is 5.02 Å². The number of urea groups is 1. The summed E-state index contributed by atoms with van der Waals surface area (Å²) in [7, 11) is 0.